The van der Waals surface area contributed by atoms with Gasteiger partial charge in [-0.15, -0.1) is 0 Å². The van der Waals surface area contributed by atoms with Gasteiger partial charge in [0.1, 0.15) is 18.8 Å². The number of hydrogen-bond acceptors (Lipinski definition) is 3. The number of fused-ring (bicyclic) bond motifs is 1. The van der Waals surface area contributed by atoms with Gasteiger partial charge in [-0.2, -0.15) is 13.2 Å². The number of halogens is 3. The van der Waals surface area contributed by atoms with Gasteiger partial charge in [-0.25, -0.2) is 0 Å². The summed E-state index contributed by atoms with van der Waals surface area (Å²) in [6, 6.07) is 5.14. The van der Waals surface area contributed by atoms with E-state index in [-0.39, 0.29) is 19.1 Å². The SMILES string of the molecule is O=C(CC(F)(F)F)NCCOc1ccc2c(c1)CCC(=O)N2. The van der Waals surface area contributed by atoms with Gasteiger partial charge < -0.3 is 15.4 Å². The van der Waals surface area contributed by atoms with Crippen molar-refractivity contribution in [1.29, 1.82) is 0 Å². The van der Waals surface area contributed by atoms with Gasteiger partial charge in [0.15, 0.2) is 0 Å². The molecule has 0 aliphatic carbocycles. The first kappa shape index (κ1) is 16.1. The second-order valence-electron chi connectivity index (χ2n) is 4.86. The molecular weight excluding hydrogens is 301 g/mol. The van der Waals surface area contributed by atoms with Crippen LogP contribution >= 0.6 is 0 Å². The highest BCUT2D eigenvalue weighted by atomic mass is 19.4. The standard InChI is InChI=1S/C14H15F3N2O3/c15-14(16,17)8-13(21)18-5-6-22-10-2-3-11-9(7-10)1-4-12(20)19-11/h2-3,7H,1,4-6,8H2,(H,18,21)(H,19,20). The molecule has 0 spiro atoms. The number of alkyl halides is 3. The highest BCUT2D eigenvalue weighted by Gasteiger charge is 2.30. The molecule has 0 bridgehead atoms. The Morgan fingerprint density at radius 1 is 1.32 bits per heavy atom. The molecule has 2 N–H and O–H groups in total. The van der Waals surface area contributed by atoms with Gasteiger partial charge in [-0.3, -0.25) is 9.59 Å². The van der Waals surface area contributed by atoms with Crippen LogP contribution in [0.2, 0.25) is 0 Å². The fraction of sp³-hybridized carbons (Fsp3) is 0.429. The first-order valence-electron chi connectivity index (χ1n) is 6.72. The molecule has 2 amide bonds. The van der Waals surface area contributed by atoms with Gasteiger partial charge in [0, 0.05) is 12.1 Å². The molecule has 0 unspecified atom stereocenters. The Morgan fingerprint density at radius 3 is 2.82 bits per heavy atom. The van der Waals surface area contributed by atoms with Gasteiger partial charge in [-0.1, -0.05) is 0 Å². The largest absolute Gasteiger partial charge is 0.492 e. The van der Waals surface area contributed by atoms with Crippen molar-refractivity contribution in [1.82, 2.24) is 5.32 Å². The van der Waals surface area contributed by atoms with E-state index in [2.05, 4.69) is 10.6 Å². The second-order valence-corrected chi connectivity index (χ2v) is 4.86. The maximum Gasteiger partial charge on any atom is 0.397 e. The van der Waals surface area contributed by atoms with Gasteiger partial charge in [-0.05, 0) is 30.2 Å². The zero-order chi connectivity index (χ0) is 16.2. The third-order valence-corrected chi connectivity index (χ3v) is 3.03. The molecule has 1 aromatic rings. The molecule has 2 rings (SSSR count). The molecule has 1 aromatic carbocycles. The highest BCUT2D eigenvalue weighted by Crippen LogP contribution is 2.26. The molecule has 22 heavy (non-hydrogen) atoms. The summed E-state index contributed by atoms with van der Waals surface area (Å²) in [7, 11) is 0. The van der Waals surface area contributed by atoms with E-state index in [4.69, 9.17) is 4.74 Å². The molecule has 0 aromatic heterocycles. The zero-order valence-corrected chi connectivity index (χ0v) is 11.6. The Labute approximate surface area is 124 Å². The van der Waals surface area contributed by atoms with E-state index in [1.54, 1.807) is 18.2 Å². The highest BCUT2D eigenvalue weighted by molar-refractivity contribution is 5.94. The molecule has 1 aliphatic heterocycles. The van der Waals surface area contributed by atoms with Crippen molar-refractivity contribution in [3.8, 4) is 5.75 Å². The van der Waals surface area contributed by atoms with E-state index in [0.717, 1.165) is 11.3 Å². The van der Waals surface area contributed by atoms with Crippen LogP contribution in [0.5, 0.6) is 5.75 Å². The first-order chi connectivity index (χ1) is 10.3. The van der Waals surface area contributed by atoms with E-state index < -0.39 is 18.5 Å². The lowest BCUT2D eigenvalue weighted by Crippen LogP contribution is -2.31. The molecule has 5 nitrogen and oxygen atoms in total. The molecular formula is C14H15F3N2O3. The lowest BCUT2D eigenvalue weighted by Gasteiger charge is -2.17. The minimum Gasteiger partial charge on any atom is -0.492 e. The molecule has 0 saturated heterocycles. The second kappa shape index (κ2) is 6.67. The van der Waals surface area contributed by atoms with Gasteiger partial charge in [0.05, 0.1) is 6.54 Å². The van der Waals surface area contributed by atoms with Crippen LogP contribution in [0.3, 0.4) is 0 Å². The van der Waals surface area contributed by atoms with Gasteiger partial charge in [0.25, 0.3) is 0 Å². The smallest absolute Gasteiger partial charge is 0.397 e. The summed E-state index contributed by atoms with van der Waals surface area (Å²) in [6.07, 6.45) is -4.98. The average molecular weight is 316 g/mol. The van der Waals surface area contributed by atoms with Crippen molar-refractivity contribution < 1.29 is 27.5 Å². The maximum atomic E-state index is 11.9. The number of carbonyl (C=O) groups is 2. The number of rotatable bonds is 5. The number of carbonyl (C=O) groups excluding carboxylic acids is 2. The van der Waals surface area contributed by atoms with E-state index in [9.17, 15) is 22.8 Å². The molecule has 8 heteroatoms. The minimum absolute atomic E-state index is 0.0112. The average Bonchev–Trinajstić information content (AvgIpc) is 2.41. The molecule has 1 aliphatic rings. The topological polar surface area (TPSA) is 67.4 Å². The third-order valence-electron chi connectivity index (χ3n) is 3.03. The number of nitrogens with one attached hydrogen (secondary N) is 2. The summed E-state index contributed by atoms with van der Waals surface area (Å²) in [5.74, 6) is -0.572. The monoisotopic (exact) mass is 316 g/mol. The number of anilines is 1. The van der Waals surface area contributed by atoms with E-state index in [0.29, 0.717) is 18.6 Å². The molecule has 1 heterocycles. The Morgan fingerprint density at radius 2 is 2.09 bits per heavy atom. The fourth-order valence-corrected chi connectivity index (χ4v) is 2.05. The lowest BCUT2D eigenvalue weighted by molar-refractivity contribution is -0.153. The maximum absolute atomic E-state index is 11.9. The summed E-state index contributed by atoms with van der Waals surface area (Å²) in [6.45, 7) is 0.0531. The van der Waals surface area contributed by atoms with E-state index in [1.165, 1.54) is 0 Å². The van der Waals surface area contributed by atoms with E-state index in [1.807, 2.05) is 0 Å². The molecule has 0 fully saturated rings. The van der Waals surface area contributed by atoms with Crippen molar-refractivity contribution in [2.45, 2.75) is 25.4 Å². The summed E-state index contributed by atoms with van der Waals surface area (Å²) in [4.78, 5) is 22.2. The number of amides is 2. The predicted octanol–water partition coefficient (Wildman–Crippen LogP) is 2.02. The Hall–Kier alpha value is -2.25. The fourth-order valence-electron chi connectivity index (χ4n) is 2.05. The summed E-state index contributed by atoms with van der Waals surface area (Å²) in [5.41, 5.74) is 1.68. The van der Waals surface area contributed by atoms with Crippen LogP contribution in [0, 0.1) is 0 Å². The summed E-state index contributed by atoms with van der Waals surface area (Å²) >= 11 is 0. The molecule has 0 atom stereocenters. The van der Waals surface area contributed by atoms with Gasteiger partial charge >= 0.3 is 6.18 Å². The molecule has 120 valence electrons. The van der Waals surface area contributed by atoms with Crippen LogP contribution in [-0.2, 0) is 16.0 Å². The number of ether oxygens (including phenoxy) is 1. The zero-order valence-electron chi connectivity index (χ0n) is 11.6. The van der Waals surface area contributed by atoms with Crippen LogP contribution in [0.1, 0.15) is 18.4 Å². The van der Waals surface area contributed by atoms with Crippen LogP contribution < -0.4 is 15.4 Å². The lowest BCUT2D eigenvalue weighted by atomic mass is 10.0. The van der Waals surface area contributed by atoms with Crippen LogP contribution in [0.4, 0.5) is 18.9 Å². The van der Waals surface area contributed by atoms with Crippen LogP contribution in [-0.4, -0.2) is 31.1 Å². The van der Waals surface area contributed by atoms with Crippen molar-refractivity contribution in [2.75, 3.05) is 18.5 Å². The number of aryl methyl sites for hydroxylation is 1. The van der Waals surface area contributed by atoms with Crippen LogP contribution in [0.15, 0.2) is 18.2 Å². The summed E-state index contributed by atoms with van der Waals surface area (Å²) < 4.78 is 41.2. The molecule has 0 saturated carbocycles. The van der Waals surface area contributed by atoms with Crippen LogP contribution in [0.25, 0.3) is 0 Å². The number of benzene rings is 1. The van der Waals surface area contributed by atoms with E-state index >= 15 is 0 Å². The normalized spacial score (nSPS) is 14.0. The van der Waals surface area contributed by atoms with Crippen molar-refractivity contribution in [2.24, 2.45) is 0 Å². The first-order valence-corrected chi connectivity index (χ1v) is 6.72. The van der Waals surface area contributed by atoms with Gasteiger partial charge in [0.2, 0.25) is 11.8 Å². The quantitative estimate of drug-likeness (QED) is 0.817. The third kappa shape index (κ3) is 4.94. The Balaban J connectivity index is 1.76. The minimum atomic E-state index is -4.51. The molecule has 0 radical (unpaired) electrons. The number of hydrogen-bond donors (Lipinski definition) is 2. The van der Waals surface area contributed by atoms with Crippen molar-refractivity contribution >= 4 is 17.5 Å². The van der Waals surface area contributed by atoms with Crippen molar-refractivity contribution in [3.63, 3.8) is 0 Å². The Bertz CT molecular complexity index is 573. The Kier molecular flexibility index (Phi) is 4.89. The predicted molar refractivity (Wildman–Crippen MR) is 72.6 cm³/mol. The van der Waals surface area contributed by atoms with Crippen molar-refractivity contribution in [3.05, 3.63) is 23.8 Å². The summed E-state index contributed by atoms with van der Waals surface area (Å²) in [5, 5.41) is 4.87.